The smallest absolute Gasteiger partial charge is 0.147 e. The third-order valence-corrected chi connectivity index (χ3v) is 2.60. The summed E-state index contributed by atoms with van der Waals surface area (Å²) >= 11 is 0. The van der Waals surface area contributed by atoms with Gasteiger partial charge in [-0.1, -0.05) is 6.08 Å². The molecule has 0 amide bonds. The zero-order chi connectivity index (χ0) is 8.32. The van der Waals surface area contributed by atoms with Gasteiger partial charge in [0.25, 0.3) is 0 Å². The molecule has 4 heteroatoms. The molecular formula is C7H13NO2S. The first-order valence-electron chi connectivity index (χ1n) is 3.64. The zero-order valence-electron chi connectivity index (χ0n) is 6.63. The summed E-state index contributed by atoms with van der Waals surface area (Å²) < 4.78 is 21.3. The molecule has 1 N–H and O–H groups in total. The van der Waals surface area contributed by atoms with Crippen molar-refractivity contribution >= 4 is 9.84 Å². The van der Waals surface area contributed by atoms with E-state index < -0.39 is 9.84 Å². The van der Waals surface area contributed by atoms with Gasteiger partial charge >= 0.3 is 0 Å². The Morgan fingerprint density at radius 2 is 2.18 bits per heavy atom. The number of sulfone groups is 1. The maximum atomic E-state index is 10.7. The van der Waals surface area contributed by atoms with Gasteiger partial charge in [0.05, 0.1) is 5.75 Å². The first kappa shape index (κ1) is 8.74. The Kier molecular flexibility index (Phi) is 2.67. The quantitative estimate of drug-likeness (QED) is 0.612. The molecule has 0 bridgehead atoms. The van der Waals surface area contributed by atoms with Crippen LogP contribution in [0.1, 0.15) is 6.42 Å². The number of allylic oxidation sites excluding steroid dienone is 1. The van der Waals surface area contributed by atoms with E-state index in [4.69, 9.17) is 0 Å². The lowest BCUT2D eigenvalue weighted by atomic mass is 10.1. The first-order chi connectivity index (χ1) is 5.08. The normalized spacial score (nSPS) is 17.7. The fraction of sp³-hybridized carbons (Fsp3) is 0.714. The Balaban J connectivity index is 2.23. The molecule has 0 aromatic carbocycles. The standard InChI is InChI=1S/C7H13NO2S/c1-11(9,10)4-2-3-7-5-8-6-7/h3,8H,2,4-6H2,1H3. The highest BCUT2D eigenvalue weighted by Crippen LogP contribution is 2.02. The van der Waals surface area contributed by atoms with E-state index in [2.05, 4.69) is 5.32 Å². The largest absolute Gasteiger partial charge is 0.309 e. The molecule has 1 rings (SSSR count). The average molecular weight is 175 g/mol. The summed E-state index contributed by atoms with van der Waals surface area (Å²) in [5.74, 6) is 0.274. The average Bonchev–Trinajstić information content (AvgIpc) is 1.73. The Hall–Kier alpha value is -0.350. The van der Waals surface area contributed by atoms with Crippen LogP contribution in [-0.4, -0.2) is 33.5 Å². The van der Waals surface area contributed by atoms with Gasteiger partial charge < -0.3 is 5.32 Å². The van der Waals surface area contributed by atoms with E-state index in [-0.39, 0.29) is 5.75 Å². The molecular weight excluding hydrogens is 162 g/mol. The maximum absolute atomic E-state index is 10.7. The number of nitrogens with one attached hydrogen (secondary N) is 1. The van der Waals surface area contributed by atoms with Crippen LogP contribution in [0.2, 0.25) is 0 Å². The van der Waals surface area contributed by atoms with E-state index in [1.54, 1.807) is 0 Å². The van der Waals surface area contributed by atoms with Gasteiger partial charge in [-0.2, -0.15) is 0 Å². The van der Waals surface area contributed by atoms with Gasteiger partial charge in [0.2, 0.25) is 0 Å². The molecule has 0 saturated carbocycles. The molecule has 0 atom stereocenters. The van der Waals surface area contributed by atoms with E-state index in [0.717, 1.165) is 13.1 Å². The van der Waals surface area contributed by atoms with Gasteiger partial charge in [-0.05, 0) is 12.0 Å². The van der Waals surface area contributed by atoms with Crippen molar-refractivity contribution in [2.24, 2.45) is 0 Å². The zero-order valence-corrected chi connectivity index (χ0v) is 7.45. The monoisotopic (exact) mass is 175 g/mol. The summed E-state index contributed by atoms with van der Waals surface area (Å²) in [6.07, 6.45) is 3.94. The predicted molar refractivity (Wildman–Crippen MR) is 45.3 cm³/mol. The highest BCUT2D eigenvalue weighted by Gasteiger charge is 2.06. The van der Waals surface area contributed by atoms with Crippen LogP contribution in [0, 0.1) is 0 Å². The minimum atomic E-state index is -2.77. The molecule has 1 heterocycles. The lowest BCUT2D eigenvalue weighted by Gasteiger charge is -2.18. The molecule has 1 saturated heterocycles. The summed E-state index contributed by atoms with van der Waals surface area (Å²) in [7, 11) is -2.77. The molecule has 11 heavy (non-hydrogen) atoms. The molecule has 0 unspecified atom stereocenters. The van der Waals surface area contributed by atoms with Crippen LogP contribution >= 0.6 is 0 Å². The maximum Gasteiger partial charge on any atom is 0.147 e. The lowest BCUT2D eigenvalue weighted by Crippen LogP contribution is -2.33. The highest BCUT2D eigenvalue weighted by molar-refractivity contribution is 7.90. The summed E-state index contributed by atoms with van der Waals surface area (Å²) in [5, 5.41) is 3.09. The van der Waals surface area contributed by atoms with Crippen molar-refractivity contribution < 1.29 is 8.42 Å². The number of hydrogen-bond donors (Lipinski definition) is 1. The van der Waals surface area contributed by atoms with Crippen LogP contribution < -0.4 is 5.32 Å². The van der Waals surface area contributed by atoms with Crippen molar-refractivity contribution in [2.75, 3.05) is 25.1 Å². The topological polar surface area (TPSA) is 46.2 Å². The second-order valence-corrected chi connectivity index (χ2v) is 5.14. The third kappa shape index (κ3) is 3.53. The molecule has 1 aliphatic heterocycles. The minimum absolute atomic E-state index is 0.274. The van der Waals surface area contributed by atoms with Gasteiger partial charge in [-0.15, -0.1) is 0 Å². The Morgan fingerprint density at radius 3 is 2.55 bits per heavy atom. The van der Waals surface area contributed by atoms with E-state index in [9.17, 15) is 8.42 Å². The van der Waals surface area contributed by atoms with E-state index in [1.807, 2.05) is 6.08 Å². The van der Waals surface area contributed by atoms with E-state index in [1.165, 1.54) is 11.8 Å². The molecule has 0 spiro atoms. The summed E-state index contributed by atoms with van der Waals surface area (Å²) in [4.78, 5) is 0. The third-order valence-electron chi connectivity index (χ3n) is 1.63. The Morgan fingerprint density at radius 1 is 1.55 bits per heavy atom. The molecule has 1 fully saturated rings. The van der Waals surface area contributed by atoms with Crippen LogP contribution in [0.5, 0.6) is 0 Å². The molecule has 1 aliphatic rings. The predicted octanol–water partition coefficient (Wildman–Crippen LogP) is -0.0493. The van der Waals surface area contributed by atoms with E-state index in [0.29, 0.717) is 6.42 Å². The van der Waals surface area contributed by atoms with Crippen LogP contribution in [0.4, 0.5) is 0 Å². The van der Waals surface area contributed by atoms with Gasteiger partial charge in [0.1, 0.15) is 9.84 Å². The molecule has 0 aliphatic carbocycles. The van der Waals surface area contributed by atoms with Crippen LogP contribution in [-0.2, 0) is 9.84 Å². The van der Waals surface area contributed by atoms with Crippen LogP contribution in [0.25, 0.3) is 0 Å². The summed E-state index contributed by atoms with van der Waals surface area (Å²) in [6, 6.07) is 0. The van der Waals surface area contributed by atoms with Gasteiger partial charge in [0, 0.05) is 19.3 Å². The van der Waals surface area contributed by atoms with Crippen molar-refractivity contribution in [1.82, 2.24) is 5.32 Å². The molecule has 64 valence electrons. The summed E-state index contributed by atoms with van der Waals surface area (Å²) in [5.41, 5.74) is 1.33. The van der Waals surface area contributed by atoms with Gasteiger partial charge in [-0.25, -0.2) is 8.42 Å². The molecule has 0 radical (unpaired) electrons. The summed E-state index contributed by atoms with van der Waals surface area (Å²) in [6.45, 7) is 1.87. The van der Waals surface area contributed by atoms with Crippen molar-refractivity contribution in [1.29, 1.82) is 0 Å². The van der Waals surface area contributed by atoms with Crippen LogP contribution in [0.15, 0.2) is 11.6 Å². The van der Waals surface area contributed by atoms with Crippen molar-refractivity contribution in [3.05, 3.63) is 11.6 Å². The van der Waals surface area contributed by atoms with Gasteiger partial charge in [0.15, 0.2) is 0 Å². The Labute approximate surface area is 67.4 Å². The fourth-order valence-corrected chi connectivity index (χ4v) is 1.44. The Bertz CT molecular complexity index is 248. The second kappa shape index (κ2) is 3.36. The minimum Gasteiger partial charge on any atom is -0.309 e. The first-order valence-corrected chi connectivity index (χ1v) is 5.70. The van der Waals surface area contributed by atoms with Crippen molar-refractivity contribution in [3.8, 4) is 0 Å². The molecule has 0 aromatic heterocycles. The SMILES string of the molecule is CS(=O)(=O)CCC=C1CNC1. The molecule has 0 aromatic rings. The van der Waals surface area contributed by atoms with Crippen LogP contribution in [0.3, 0.4) is 0 Å². The molecule has 3 nitrogen and oxygen atoms in total. The fourth-order valence-electron chi connectivity index (χ4n) is 0.891. The van der Waals surface area contributed by atoms with Crippen molar-refractivity contribution in [3.63, 3.8) is 0 Å². The van der Waals surface area contributed by atoms with Gasteiger partial charge in [-0.3, -0.25) is 0 Å². The second-order valence-electron chi connectivity index (χ2n) is 2.88. The number of rotatable bonds is 3. The van der Waals surface area contributed by atoms with Crippen molar-refractivity contribution in [2.45, 2.75) is 6.42 Å². The highest BCUT2D eigenvalue weighted by atomic mass is 32.2. The number of hydrogen-bond acceptors (Lipinski definition) is 3. The van der Waals surface area contributed by atoms with E-state index >= 15 is 0 Å². The lowest BCUT2D eigenvalue weighted by molar-refractivity contribution is 0.601.